The van der Waals surface area contributed by atoms with Crippen LogP contribution >= 0.6 is 0 Å². The lowest BCUT2D eigenvalue weighted by Gasteiger charge is -2.31. The minimum absolute atomic E-state index is 0.989. The molecule has 0 spiro atoms. The Balaban J connectivity index is 4.40. The molecule has 0 radical (unpaired) electrons. The third kappa shape index (κ3) is 2.94. The van der Waals surface area contributed by atoms with Crippen LogP contribution in [0, 0.1) is 29.1 Å². The lowest BCUT2D eigenvalue weighted by Crippen LogP contribution is -2.53. The first kappa shape index (κ1) is 23.4. The highest BCUT2D eigenvalue weighted by Crippen LogP contribution is 2.51. The molecule has 27 heavy (non-hydrogen) atoms. The van der Waals surface area contributed by atoms with Crippen molar-refractivity contribution in [2.75, 3.05) is 0 Å². The number of sulfone groups is 2. The fourth-order valence-electron chi connectivity index (χ4n) is 1.86. The molecule has 1 aromatic rings. The van der Waals surface area contributed by atoms with Gasteiger partial charge in [0.05, 0.1) is 5.56 Å². The van der Waals surface area contributed by atoms with E-state index < -0.39 is 76.3 Å². The van der Waals surface area contributed by atoms with Crippen molar-refractivity contribution in [3.05, 3.63) is 34.6 Å². The highest BCUT2D eigenvalue weighted by Gasteiger charge is 2.73. The van der Waals surface area contributed by atoms with Crippen molar-refractivity contribution in [2.45, 2.75) is 22.0 Å². The second-order valence-electron chi connectivity index (χ2n) is 4.79. The predicted molar refractivity (Wildman–Crippen MR) is 63.5 cm³/mol. The van der Waals surface area contributed by atoms with Crippen LogP contribution in [-0.4, -0.2) is 27.9 Å². The highest BCUT2D eigenvalue weighted by molar-refractivity contribution is 8.10. The van der Waals surface area contributed by atoms with E-state index in [1.807, 2.05) is 0 Å². The second kappa shape index (κ2) is 6.18. The molecule has 0 N–H and O–H groups in total. The molecule has 0 fully saturated rings. The summed E-state index contributed by atoms with van der Waals surface area (Å²) < 4.78 is 184. The van der Waals surface area contributed by atoms with Crippen LogP contribution in [0.25, 0.3) is 0 Å². The molecule has 0 bridgehead atoms. The predicted octanol–water partition coefficient (Wildman–Crippen LogP) is 3.42. The van der Waals surface area contributed by atoms with Crippen LogP contribution in [0.15, 0.2) is 0 Å². The van der Waals surface area contributed by atoms with Gasteiger partial charge in [0.2, 0.25) is 9.90 Å². The van der Waals surface area contributed by atoms with E-state index in [-0.39, 0.29) is 0 Å². The summed E-state index contributed by atoms with van der Waals surface area (Å²) in [5, 5.41) is 0. The molecule has 0 saturated carbocycles. The van der Waals surface area contributed by atoms with Crippen molar-refractivity contribution < 1.29 is 65.1 Å². The van der Waals surface area contributed by atoms with Crippen LogP contribution in [0.1, 0.15) is 12.5 Å². The van der Waals surface area contributed by atoms with Crippen molar-refractivity contribution in [1.29, 1.82) is 0 Å². The molecule has 0 heterocycles. The van der Waals surface area contributed by atoms with Crippen molar-refractivity contribution >= 4 is 19.7 Å². The maximum absolute atomic E-state index is 13.8. The van der Waals surface area contributed by atoms with Gasteiger partial charge in [-0.25, -0.2) is 38.8 Å². The molecular weight excluding hydrogens is 457 g/mol. The summed E-state index contributed by atoms with van der Waals surface area (Å²) in [5.74, 6) is -16.4. The lowest BCUT2D eigenvalue weighted by molar-refractivity contribution is -0.0492. The van der Waals surface area contributed by atoms with Crippen molar-refractivity contribution in [3.8, 4) is 0 Å². The summed E-state index contributed by atoms with van der Waals surface area (Å²) in [7, 11) is -15.5. The largest absolute Gasteiger partial charge is 0.499 e. The van der Waals surface area contributed by atoms with Crippen molar-refractivity contribution in [1.82, 2.24) is 0 Å². The van der Waals surface area contributed by atoms with Crippen LogP contribution in [0.4, 0.5) is 48.3 Å². The molecule has 0 aliphatic carbocycles. The first-order valence-electron chi connectivity index (χ1n) is 5.81. The van der Waals surface area contributed by atoms with E-state index >= 15 is 0 Å². The van der Waals surface area contributed by atoms with Crippen LogP contribution in [0.5, 0.6) is 0 Å². The molecule has 0 unspecified atom stereocenters. The zero-order valence-corrected chi connectivity index (χ0v) is 13.7. The fourth-order valence-corrected chi connectivity index (χ4v) is 5.36. The molecule has 4 nitrogen and oxygen atoms in total. The maximum Gasteiger partial charge on any atom is 0.499 e. The number of halogens is 11. The zero-order chi connectivity index (χ0) is 22.0. The summed E-state index contributed by atoms with van der Waals surface area (Å²) in [6, 6.07) is 0. The molecule has 0 amide bonds. The maximum atomic E-state index is 13.8. The number of rotatable bonds is 3. The van der Waals surface area contributed by atoms with Crippen molar-refractivity contribution in [3.63, 3.8) is 0 Å². The van der Waals surface area contributed by atoms with Gasteiger partial charge < -0.3 is 0 Å². The van der Waals surface area contributed by atoms with E-state index in [4.69, 9.17) is 0 Å². The molecule has 1 rings (SSSR count). The van der Waals surface area contributed by atoms with Gasteiger partial charge in [-0.2, -0.15) is 26.3 Å². The Morgan fingerprint density at radius 1 is 0.556 bits per heavy atom. The Bertz CT molecular complexity index is 916. The van der Waals surface area contributed by atoms with E-state index in [1.54, 1.807) is 0 Å². The SMILES string of the molecule is CC(c1c(F)c(F)c(F)c(F)c1F)(S(=O)(=O)C(F)(F)F)S(=O)(=O)C(F)(F)F. The Hall–Kier alpha value is -1.65. The number of benzene rings is 1. The van der Waals surface area contributed by atoms with Gasteiger partial charge in [0.1, 0.15) is 0 Å². The monoisotopic (exact) mass is 460 g/mol. The minimum atomic E-state index is -7.77. The molecule has 0 saturated heterocycles. The summed E-state index contributed by atoms with van der Waals surface area (Å²) >= 11 is 0. The molecule has 0 atom stereocenters. The number of hydrogen-bond donors (Lipinski definition) is 0. The highest BCUT2D eigenvalue weighted by atomic mass is 32.3. The van der Waals surface area contributed by atoms with Crippen LogP contribution in [0.3, 0.4) is 0 Å². The van der Waals surface area contributed by atoms with Crippen LogP contribution < -0.4 is 0 Å². The third-order valence-electron chi connectivity index (χ3n) is 3.30. The standard InChI is InChI=1S/C10H3F11O4S2/c1-8(26(22,23)9(16,17)18,27(24,25)10(19,20)21)2-3(11)5(13)7(15)6(14)4(2)12/h1H3. The minimum Gasteiger partial charge on any atom is -0.218 e. The van der Waals surface area contributed by atoms with Gasteiger partial charge in [-0.05, 0) is 6.92 Å². The van der Waals surface area contributed by atoms with Gasteiger partial charge in [0.15, 0.2) is 23.3 Å². The number of alkyl halides is 6. The summed E-state index contributed by atoms with van der Waals surface area (Å²) in [6.45, 7) is -0.989. The van der Waals surface area contributed by atoms with E-state index in [1.165, 1.54) is 0 Å². The van der Waals surface area contributed by atoms with E-state index in [2.05, 4.69) is 0 Å². The molecule has 0 aliphatic heterocycles. The van der Waals surface area contributed by atoms with Gasteiger partial charge in [-0.15, -0.1) is 0 Å². The third-order valence-corrected chi connectivity index (χ3v) is 8.29. The summed E-state index contributed by atoms with van der Waals surface area (Å²) in [5.41, 5.74) is -17.2. The first-order valence-corrected chi connectivity index (χ1v) is 8.78. The summed E-state index contributed by atoms with van der Waals surface area (Å²) in [6.07, 6.45) is 0. The van der Waals surface area contributed by atoms with Crippen molar-refractivity contribution in [2.24, 2.45) is 0 Å². The molecular formula is C10H3F11O4S2. The molecule has 1 aromatic carbocycles. The molecule has 17 heteroatoms. The van der Waals surface area contributed by atoms with Gasteiger partial charge in [0.25, 0.3) is 19.7 Å². The molecule has 156 valence electrons. The second-order valence-corrected chi connectivity index (χ2v) is 9.62. The van der Waals surface area contributed by atoms with E-state index in [9.17, 15) is 65.1 Å². The Labute approximate surface area is 142 Å². The van der Waals surface area contributed by atoms with Gasteiger partial charge in [0, 0.05) is 0 Å². The Morgan fingerprint density at radius 3 is 1.00 bits per heavy atom. The van der Waals surface area contributed by atoms with E-state index in [0.717, 1.165) is 0 Å². The normalized spacial score (nSPS) is 14.5. The quantitative estimate of drug-likeness (QED) is 0.394. The molecule has 0 aliphatic rings. The van der Waals surface area contributed by atoms with Gasteiger partial charge >= 0.3 is 11.0 Å². The smallest absolute Gasteiger partial charge is 0.218 e. The summed E-state index contributed by atoms with van der Waals surface area (Å²) in [4.78, 5) is 0. The lowest BCUT2D eigenvalue weighted by atomic mass is 10.1. The number of hydrogen-bond acceptors (Lipinski definition) is 4. The Kier molecular flexibility index (Phi) is 5.35. The van der Waals surface area contributed by atoms with E-state index in [0.29, 0.717) is 0 Å². The van der Waals surface area contributed by atoms with Gasteiger partial charge in [-0.3, -0.25) is 0 Å². The first-order chi connectivity index (χ1) is 11.7. The van der Waals surface area contributed by atoms with Crippen LogP contribution in [-0.2, 0) is 23.8 Å². The topological polar surface area (TPSA) is 68.3 Å². The average molecular weight is 460 g/mol. The fraction of sp³-hybridized carbons (Fsp3) is 0.400. The zero-order valence-electron chi connectivity index (χ0n) is 12.1. The average Bonchev–Trinajstić information content (AvgIpc) is 2.48. The molecule has 0 aromatic heterocycles. The van der Waals surface area contributed by atoms with Crippen LogP contribution in [0.2, 0.25) is 0 Å². The Morgan fingerprint density at radius 2 is 0.778 bits per heavy atom. The van der Waals surface area contributed by atoms with Gasteiger partial charge in [-0.1, -0.05) is 0 Å².